The van der Waals surface area contributed by atoms with E-state index in [0.29, 0.717) is 24.5 Å². The number of hydrogen-bond donors (Lipinski definition) is 3. The summed E-state index contributed by atoms with van der Waals surface area (Å²) in [5.74, 6) is 0.615. The van der Waals surface area contributed by atoms with Crippen molar-refractivity contribution in [1.82, 2.24) is 5.32 Å². The summed E-state index contributed by atoms with van der Waals surface area (Å²) in [6, 6.07) is 6.94. The normalized spacial score (nSPS) is 20.0. The van der Waals surface area contributed by atoms with Crippen molar-refractivity contribution in [2.75, 3.05) is 25.1 Å². The van der Waals surface area contributed by atoms with Crippen LogP contribution < -0.4 is 15.4 Å². The maximum absolute atomic E-state index is 12.0. The van der Waals surface area contributed by atoms with Gasteiger partial charge in [0.2, 0.25) is 0 Å². The lowest BCUT2D eigenvalue weighted by Crippen LogP contribution is -2.41. The van der Waals surface area contributed by atoms with E-state index in [1.165, 1.54) is 0 Å². The first kappa shape index (κ1) is 18.5. The molecule has 0 aliphatic carbocycles. The predicted molar refractivity (Wildman–Crippen MR) is 93.5 cm³/mol. The molecule has 0 unspecified atom stereocenters. The van der Waals surface area contributed by atoms with Crippen LogP contribution in [0.2, 0.25) is 0 Å². The fourth-order valence-electron chi connectivity index (χ4n) is 2.38. The smallest absolute Gasteiger partial charge is 0.319 e. The number of ether oxygens (including phenoxy) is 2. The minimum absolute atomic E-state index is 0.111. The lowest BCUT2D eigenvalue weighted by molar-refractivity contribution is -0.0109. The van der Waals surface area contributed by atoms with Crippen molar-refractivity contribution in [3.8, 4) is 5.75 Å². The van der Waals surface area contributed by atoms with Crippen LogP contribution in [0.1, 0.15) is 39.5 Å². The van der Waals surface area contributed by atoms with Gasteiger partial charge in [0.1, 0.15) is 12.4 Å². The second-order valence-electron chi connectivity index (χ2n) is 6.45. The lowest BCUT2D eigenvalue weighted by Gasteiger charge is -2.23. The average molecular weight is 336 g/mol. The first-order valence-corrected chi connectivity index (χ1v) is 8.61. The molecule has 1 heterocycles. The Morgan fingerprint density at radius 1 is 1.42 bits per heavy atom. The van der Waals surface area contributed by atoms with E-state index < -0.39 is 5.60 Å². The van der Waals surface area contributed by atoms with Gasteiger partial charge in [-0.05, 0) is 44.7 Å². The zero-order chi connectivity index (χ0) is 17.4. The Morgan fingerprint density at radius 3 is 2.92 bits per heavy atom. The second kappa shape index (κ2) is 8.89. The molecule has 1 fully saturated rings. The predicted octanol–water partition coefficient (Wildman–Crippen LogP) is 2.92. The van der Waals surface area contributed by atoms with Crippen LogP contribution in [0.15, 0.2) is 24.3 Å². The maximum atomic E-state index is 12.0. The number of carbonyl (C=O) groups is 1. The van der Waals surface area contributed by atoms with Crippen molar-refractivity contribution in [3.05, 3.63) is 24.3 Å². The van der Waals surface area contributed by atoms with E-state index in [1.807, 2.05) is 25.1 Å². The highest BCUT2D eigenvalue weighted by molar-refractivity contribution is 5.90. The Bertz CT molecular complexity index is 528. The molecule has 1 aliphatic heterocycles. The van der Waals surface area contributed by atoms with E-state index in [-0.39, 0.29) is 18.7 Å². The van der Waals surface area contributed by atoms with Crippen LogP contribution in [0.4, 0.5) is 10.5 Å². The van der Waals surface area contributed by atoms with Gasteiger partial charge in [-0.25, -0.2) is 4.79 Å². The van der Waals surface area contributed by atoms with E-state index >= 15 is 0 Å². The molecule has 1 aromatic carbocycles. The molecular weight excluding hydrogens is 308 g/mol. The zero-order valence-electron chi connectivity index (χ0n) is 14.5. The highest BCUT2D eigenvalue weighted by Crippen LogP contribution is 2.25. The number of nitrogens with one attached hydrogen (secondary N) is 2. The summed E-state index contributed by atoms with van der Waals surface area (Å²) in [4.78, 5) is 12.0. The molecule has 6 nitrogen and oxygen atoms in total. The fraction of sp³-hybridized carbons (Fsp3) is 0.611. The van der Waals surface area contributed by atoms with Crippen molar-refractivity contribution in [1.29, 1.82) is 0 Å². The van der Waals surface area contributed by atoms with Gasteiger partial charge in [-0.1, -0.05) is 19.1 Å². The first-order chi connectivity index (χ1) is 11.5. The molecule has 2 amide bonds. The Kier molecular flexibility index (Phi) is 6.87. The van der Waals surface area contributed by atoms with Crippen LogP contribution in [0.3, 0.4) is 0 Å². The summed E-state index contributed by atoms with van der Waals surface area (Å²) < 4.78 is 11.5. The number of benzene rings is 1. The highest BCUT2D eigenvalue weighted by Gasteiger charge is 2.19. The third-order valence-corrected chi connectivity index (χ3v) is 4.23. The minimum Gasteiger partial charge on any atom is -0.489 e. The van der Waals surface area contributed by atoms with Gasteiger partial charge in [-0.3, -0.25) is 0 Å². The number of urea groups is 1. The van der Waals surface area contributed by atoms with E-state index in [9.17, 15) is 9.90 Å². The molecule has 24 heavy (non-hydrogen) atoms. The number of anilines is 1. The van der Waals surface area contributed by atoms with Crippen LogP contribution in [0, 0.1) is 0 Å². The number of aliphatic hydroxyl groups is 1. The topological polar surface area (TPSA) is 79.8 Å². The molecule has 1 aliphatic rings. The molecule has 2 rings (SSSR count). The molecule has 134 valence electrons. The summed E-state index contributed by atoms with van der Waals surface area (Å²) >= 11 is 0. The van der Waals surface area contributed by atoms with Crippen LogP contribution in [-0.4, -0.2) is 42.6 Å². The fourth-order valence-corrected chi connectivity index (χ4v) is 2.38. The SMILES string of the molecule is CC[C@](C)(O)CNC(=O)Nc1ccccc1OC[C@@H]1CCCCO1. The van der Waals surface area contributed by atoms with Crippen molar-refractivity contribution < 1.29 is 19.4 Å². The Morgan fingerprint density at radius 2 is 2.21 bits per heavy atom. The number of para-hydroxylation sites is 2. The van der Waals surface area contributed by atoms with E-state index in [4.69, 9.17) is 9.47 Å². The summed E-state index contributed by atoms with van der Waals surface area (Å²) in [6.07, 6.45) is 3.95. The molecule has 1 saturated heterocycles. The van der Waals surface area contributed by atoms with Crippen LogP contribution in [0.25, 0.3) is 0 Å². The second-order valence-corrected chi connectivity index (χ2v) is 6.45. The van der Waals surface area contributed by atoms with Crippen molar-refractivity contribution >= 4 is 11.7 Å². The van der Waals surface area contributed by atoms with E-state index in [1.54, 1.807) is 13.0 Å². The van der Waals surface area contributed by atoms with Gasteiger partial charge in [0, 0.05) is 13.2 Å². The molecule has 3 N–H and O–H groups in total. The van der Waals surface area contributed by atoms with Gasteiger partial charge >= 0.3 is 6.03 Å². The summed E-state index contributed by atoms with van der Waals surface area (Å²) in [5.41, 5.74) is -0.312. The van der Waals surface area contributed by atoms with Crippen molar-refractivity contribution in [2.45, 2.75) is 51.2 Å². The quantitative estimate of drug-likeness (QED) is 0.715. The molecule has 0 bridgehead atoms. The zero-order valence-corrected chi connectivity index (χ0v) is 14.5. The molecule has 1 aromatic rings. The van der Waals surface area contributed by atoms with Gasteiger partial charge in [0.25, 0.3) is 0 Å². The Balaban J connectivity index is 1.87. The maximum Gasteiger partial charge on any atom is 0.319 e. The summed E-state index contributed by atoms with van der Waals surface area (Å²) in [5, 5.41) is 15.4. The number of rotatable bonds is 7. The summed E-state index contributed by atoms with van der Waals surface area (Å²) in [7, 11) is 0. The minimum atomic E-state index is -0.911. The third-order valence-electron chi connectivity index (χ3n) is 4.23. The largest absolute Gasteiger partial charge is 0.489 e. The van der Waals surface area contributed by atoms with E-state index in [0.717, 1.165) is 25.9 Å². The van der Waals surface area contributed by atoms with Gasteiger partial charge in [-0.15, -0.1) is 0 Å². The van der Waals surface area contributed by atoms with Crippen molar-refractivity contribution in [2.24, 2.45) is 0 Å². The molecule has 0 spiro atoms. The Hall–Kier alpha value is -1.79. The highest BCUT2D eigenvalue weighted by atomic mass is 16.5. The van der Waals surface area contributed by atoms with Crippen LogP contribution in [0.5, 0.6) is 5.75 Å². The van der Waals surface area contributed by atoms with Gasteiger partial charge in [-0.2, -0.15) is 0 Å². The van der Waals surface area contributed by atoms with Crippen molar-refractivity contribution in [3.63, 3.8) is 0 Å². The lowest BCUT2D eigenvalue weighted by atomic mass is 10.0. The molecule has 6 heteroatoms. The summed E-state index contributed by atoms with van der Waals surface area (Å²) in [6.45, 7) is 5.01. The molecule has 2 atom stereocenters. The van der Waals surface area contributed by atoms with Crippen LogP contribution >= 0.6 is 0 Å². The molecule has 0 aromatic heterocycles. The van der Waals surface area contributed by atoms with Gasteiger partial charge < -0.3 is 25.2 Å². The molecule has 0 saturated carbocycles. The molecule has 0 radical (unpaired) electrons. The van der Waals surface area contributed by atoms with E-state index in [2.05, 4.69) is 10.6 Å². The number of amides is 2. The number of hydrogen-bond acceptors (Lipinski definition) is 4. The van der Waals surface area contributed by atoms with Gasteiger partial charge in [0.15, 0.2) is 0 Å². The third kappa shape index (κ3) is 6.02. The molecular formula is C18H28N2O4. The Labute approximate surface area is 143 Å². The van der Waals surface area contributed by atoms with Crippen LogP contribution in [-0.2, 0) is 4.74 Å². The first-order valence-electron chi connectivity index (χ1n) is 8.61. The number of carbonyl (C=O) groups excluding carboxylic acids is 1. The average Bonchev–Trinajstić information content (AvgIpc) is 2.60. The monoisotopic (exact) mass is 336 g/mol. The van der Waals surface area contributed by atoms with Gasteiger partial charge in [0.05, 0.1) is 17.4 Å². The standard InChI is InChI=1S/C18H28N2O4/c1-3-18(2,22)13-19-17(21)20-15-9-4-5-10-16(15)24-12-14-8-6-7-11-23-14/h4-5,9-10,14,22H,3,6-8,11-13H2,1-2H3,(H2,19,20,21)/t14-,18-/m0/s1.